The fourth-order valence-electron chi connectivity index (χ4n) is 2.49. The van der Waals surface area contributed by atoms with Gasteiger partial charge in [0.2, 0.25) is 0 Å². The van der Waals surface area contributed by atoms with Gasteiger partial charge in [-0.05, 0) is 24.6 Å². The topological polar surface area (TPSA) is 44.9 Å². The minimum Gasteiger partial charge on any atom is -0.361 e. The average Bonchev–Trinajstić information content (AvgIpc) is 2.94. The molecule has 0 atom stereocenters. The Labute approximate surface area is 120 Å². The molecule has 1 heterocycles. The number of aromatic nitrogens is 1. The Bertz CT molecular complexity index is 545. The van der Waals surface area contributed by atoms with E-state index in [0.717, 1.165) is 29.4 Å². The molecule has 0 radical (unpaired) electrons. The quantitative estimate of drug-likeness (QED) is 0.693. The summed E-state index contributed by atoms with van der Waals surface area (Å²) < 4.78 is 0. The van der Waals surface area contributed by atoms with Crippen LogP contribution in [0.4, 0.5) is 0 Å². The Hall–Kier alpha value is -1.77. The van der Waals surface area contributed by atoms with Crippen LogP contribution in [-0.4, -0.2) is 17.4 Å². The third-order valence-corrected chi connectivity index (χ3v) is 3.66. The monoisotopic (exact) mass is 272 g/mol. The van der Waals surface area contributed by atoms with E-state index in [0.29, 0.717) is 0 Å². The Morgan fingerprint density at radius 2 is 1.90 bits per heavy atom. The maximum Gasteiger partial charge on any atom is 0.251 e. The second kappa shape index (κ2) is 7.73. The zero-order valence-electron chi connectivity index (χ0n) is 12.2. The molecule has 2 aromatic rings. The van der Waals surface area contributed by atoms with Gasteiger partial charge < -0.3 is 10.3 Å². The number of H-pyrrole nitrogens is 1. The molecule has 0 aliphatic rings. The van der Waals surface area contributed by atoms with Crippen LogP contribution in [-0.2, 0) is 0 Å². The number of benzene rings is 1. The molecule has 108 valence electrons. The number of hydrogen-bond donors (Lipinski definition) is 2. The summed E-state index contributed by atoms with van der Waals surface area (Å²) in [5.41, 5.74) is 1.77. The second-order valence-electron chi connectivity index (χ2n) is 5.27. The second-order valence-corrected chi connectivity index (χ2v) is 5.27. The number of carbonyl (C=O) groups excluding carboxylic acids is 1. The fraction of sp³-hybridized carbons (Fsp3) is 0.471. The molecule has 1 amide bonds. The van der Waals surface area contributed by atoms with E-state index in [2.05, 4.69) is 17.2 Å². The van der Waals surface area contributed by atoms with Gasteiger partial charge in [-0.1, -0.05) is 45.1 Å². The number of rotatable bonds is 8. The lowest BCUT2D eigenvalue weighted by Gasteiger charge is -2.06. The van der Waals surface area contributed by atoms with E-state index in [-0.39, 0.29) is 5.91 Å². The highest BCUT2D eigenvalue weighted by Crippen LogP contribution is 2.17. The Morgan fingerprint density at radius 3 is 2.75 bits per heavy atom. The van der Waals surface area contributed by atoms with Crippen molar-refractivity contribution < 1.29 is 4.79 Å². The van der Waals surface area contributed by atoms with E-state index in [4.69, 9.17) is 0 Å². The number of carbonyl (C=O) groups is 1. The molecule has 3 nitrogen and oxygen atoms in total. The van der Waals surface area contributed by atoms with Crippen molar-refractivity contribution in [2.24, 2.45) is 0 Å². The molecule has 20 heavy (non-hydrogen) atoms. The van der Waals surface area contributed by atoms with Crippen LogP contribution >= 0.6 is 0 Å². The van der Waals surface area contributed by atoms with Crippen LogP contribution in [0.1, 0.15) is 55.8 Å². The van der Waals surface area contributed by atoms with Gasteiger partial charge in [-0.3, -0.25) is 4.79 Å². The first-order chi connectivity index (χ1) is 9.83. The van der Waals surface area contributed by atoms with E-state index in [1.807, 2.05) is 30.5 Å². The fourth-order valence-corrected chi connectivity index (χ4v) is 2.49. The molecule has 0 fully saturated rings. The first-order valence-electron chi connectivity index (χ1n) is 7.67. The first-order valence-corrected chi connectivity index (χ1v) is 7.67. The average molecular weight is 272 g/mol. The molecule has 0 aliphatic carbocycles. The summed E-state index contributed by atoms with van der Waals surface area (Å²) in [5, 5.41) is 4.01. The number of fused-ring (bicyclic) bond motifs is 1. The van der Waals surface area contributed by atoms with E-state index >= 15 is 0 Å². The lowest BCUT2D eigenvalue weighted by molar-refractivity contribution is 0.0954. The first kappa shape index (κ1) is 14.6. The zero-order valence-corrected chi connectivity index (χ0v) is 12.2. The smallest absolute Gasteiger partial charge is 0.251 e. The highest BCUT2D eigenvalue weighted by molar-refractivity contribution is 6.06. The molecule has 0 unspecified atom stereocenters. The van der Waals surface area contributed by atoms with Crippen LogP contribution in [0.25, 0.3) is 10.9 Å². The Morgan fingerprint density at radius 1 is 1.10 bits per heavy atom. The number of aromatic amines is 1. The van der Waals surface area contributed by atoms with Crippen LogP contribution in [0.15, 0.2) is 30.5 Å². The molecular formula is C17H24N2O. The Balaban J connectivity index is 1.76. The minimum atomic E-state index is 0.0313. The summed E-state index contributed by atoms with van der Waals surface area (Å²) in [7, 11) is 0. The molecule has 3 heteroatoms. The van der Waals surface area contributed by atoms with Gasteiger partial charge in [0.25, 0.3) is 5.91 Å². The van der Waals surface area contributed by atoms with Gasteiger partial charge in [-0.2, -0.15) is 0 Å². The predicted molar refractivity (Wildman–Crippen MR) is 84.0 cm³/mol. The lowest BCUT2D eigenvalue weighted by Crippen LogP contribution is -2.24. The van der Waals surface area contributed by atoms with Crippen molar-refractivity contribution >= 4 is 16.8 Å². The molecule has 0 bridgehead atoms. The van der Waals surface area contributed by atoms with Gasteiger partial charge in [0, 0.05) is 29.2 Å². The highest BCUT2D eigenvalue weighted by Gasteiger charge is 2.09. The maximum atomic E-state index is 12.2. The number of amides is 1. The van der Waals surface area contributed by atoms with Crippen molar-refractivity contribution in [3.8, 4) is 0 Å². The van der Waals surface area contributed by atoms with E-state index in [1.165, 1.54) is 32.1 Å². The summed E-state index contributed by atoms with van der Waals surface area (Å²) in [4.78, 5) is 15.3. The Kier molecular flexibility index (Phi) is 5.66. The molecule has 0 aliphatic heterocycles. The third kappa shape index (κ3) is 3.86. The maximum absolute atomic E-state index is 12.2. The van der Waals surface area contributed by atoms with Crippen molar-refractivity contribution in [2.75, 3.05) is 6.54 Å². The van der Waals surface area contributed by atoms with Crippen LogP contribution in [0.2, 0.25) is 0 Å². The van der Waals surface area contributed by atoms with Crippen molar-refractivity contribution in [1.29, 1.82) is 0 Å². The normalized spacial score (nSPS) is 10.8. The van der Waals surface area contributed by atoms with Crippen LogP contribution < -0.4 is 5.32 Å². The van der Waals surface area contributed by atoms with E-state index < -0.39 is 0 Å². The number of unbranched alkanes of at least 4 members (excludes halogenated alkanes) is 5. The molecule has 0 spiro atoms. The standard InChI is InChI=1S/C17H24N2O/c1-2-3-4-5-6-7-12-19-17(20)15-9-8-10-16-14(15)11-13-18-16/h8-11,13,18H,2-7,12H2,1H3,(H,19,20). The summed E-state index contributed by atoms with van der Waals surface area (Å²) in [5.74, 6) is 0.0313. The van der Waals surface area contributed by atoms with Gasteiger partial charge in [0.1, 0.15) is 0 Å². The van der Waals surface area contributed by atoms with Gasteiger partial charge in [0.05, 0.1) is 0 Å². The summed E-state index contributed by atoms with van der Waals surface area (Å²) >= 11 is 0. The van der Waals surface area contributed by atoms with Crippen molar-refractivity contribution in [2.45, 2.75) is 45.4 Å². The van der Waals surface area contributed by atoms with Crippen LogP contribution in [0.5, 0.6) is 0 Å². The van der Waals surface area contributed by atoms with Gasteiger partial charge in [0.15, 0.2) is 0 Å². The highest BCUT2D eigenvalue weighted by atomic mass is 16.1. The summed E-state index contributed by atoms with van der Waals surface area (Å²) in [6.45, 7) is 2.99. The largest absolute Gasteiger partial charge is 0.361 e. The minimum absolute atomic E-state index is 0.0313. The van der Waals surface area contributed by atoms with Gasteiger partial charge in [-0.15, -0.1) is 0 Å². The number of nitrogens with one attached hydrogen (secondary N) is 2. The van der Waals surface area contributed by atoms with Crippen molar-refractivity contribution in [3.63, 3.8) is 0 Å². The lowest BCUT2D eigenvalue weighted by atomic mass is 10.1. The summed E-state index contributed by atoms with van der Waals surface area (Å²) in [6, 6.07) is 7.74. The molecule has 0 saturated heterocycles. The third-order valence-electron chi connectivity index (χ3n) is 3.66. The predicted octanol–water partition coefficient (Wildman–Crippen LogP) is 4.26. The van der Waals surface area contributed by atoms with E-state index in [9.17, 15) is 4.79 Å². The molecule has 1 aromatic carbocycles. The summed E-state index contributed by atoms with van der Waals surface area (Å²) in [6.07, 6.45) is 9.33. The zero-order chi connectivity index (χ0) is 14.2. The van der Waals surface area contributed by atoms with Crippen molar-refractivity contribution in [3.05, 3.63) is 36.0 Å². The molecule has 0 saturated carbocycles. The molecule has 2 rings (SSSR count). The van der Waals surface area contributed by atoms with Gasteiger partial charge in [-0.25, -0.2) is 0 Å². The molecule has 1 aromatic heterocycles. The van der Waals surface area contributed by atoms with Crippen LogP contribution in [0.3, 0.4) is 0 Å². The van der Waals surface area contributed by atoms with E-state index in [1.54, 1.807) is 0 Å². The van der Waals surface area contributed by atoms with Gasteiger partial charge >= 0.3 is 0 Å². The SMILES string of the molecule is CCCCCCCCNC(=O)c1cccc2[nH]ccc12. The molecular weight excluding hydrogens is 248 g/mol. The number of hydrogen-bond acceptors (Lipinski definition) is 1. The van der Waals surface area contributed by atoms with Crippen molar-refractivity contribution in [1.82, 2.24) is 10.3 Å². The molecule has 2 N–H and O–H groups in total. The van der Waals surface area contributed by atoms with Crippen LogP contribution in [0, 0.1) is 0 Å².